The number of anilines is 3. The first-order chi connectivity index (χ1) is 31.4. The highest BCUT2D eigenvalue weighted by atomic mass is 15.1. The summed E-state index contributed by atoms with van der Waals surface area (Å²) in [6, 6.07) is 89.7. The summed E-state index contributed by atoms with van der Waals surface area (Å²) in [5.41, 5.74) is 19.1. The molecule has 0 fully saturated rings. The molecule has 0 amide bonds. The molecule has 0 atom stereocenters. The SMILES string of the molecule is CC(C)(C)c1ccc(-c2ccc(N(c3ccc4c(c3)-c3ccccc3C4(c3ccccc3)c3ccccc3)c3ccc4ccccc4c3-c3ccc(-c4ccccc4)cc3)cc2)cc1. The van der Waals surface area contributed by atoms with Crippen molar-refractivity contribution < 1.29 is 0 Å². The van der Waals surface area contributed by atoms with Crippen molar-refractivity contribution in [3.05, 3.63) is 270 Å². The highest BCUT2D eigenvalue weighted by Gasteiger charge is 2.46. The van der Waals surface area contributed by atoms with Crippen molar-refractivity contribution >= 4 is 27.8 Å². The Labute approximate surface area is 377 Å². The van der Waals surface area contributed by atoms with Crippen molar-refractivity contribution in [2.45, 2.75) is 31.6 Å². The zero-order valence-electron chi connectivity index (χ0n) is 36.5. The predicted molar refractivity (Wildman–Crippen MR) is 271 cm³/mol. The smallest absolute Gasteiger partial charge is 0.0713 e. The number of fused-ring (bicyclic) bond motifs is 4. The minimum Gasteiger partial charge on any atom is -0.310 e. The lowest BCUT2D eigenvalue weighted by Crippen LogP contribution is -2.28. The van der Waals surface area contributed by atoms with Gasteiger partial charge in [-0.25, -0.2) is 0 Å². The second-order valence-electron chi connectivity index (χ2n) is 18.1. The van der Waals surface area contributed by atoms with Crippen LogP contribution in [0.3, 0.4) is 0 Å². The van der Waals surface area contributed by atoms with Crippen LogP contribution in [0, 0.1) is 0 Å². The standard InChI is InChI=1S/C63H49N/c1-62(2,3)50-36-31-46(32-37-50)47-33-38-53(39-34-47)64(60-42-35-48-19-13-14-24-55(48)61(60)49-29-27-45(28-30-49)44-17-7-4-8-18-44)54-40-41-59-57(43-54)56-25-15-16-26-58(56)63(59,51-20-9-5-10-21-51)52-22-11-6-12-23-52/h4-43H,1-3H3. The molecule has 0 bridgehead atoms. The molecule has 10 aromatic carbocycles. The van der Waals surface area contributed by atoms with E-state index in [1.807, 2.05) is 0 Å². The molecule has 0 aliphatic heterocycles. The summed E-state index contributed by atoms with van der Waals surface area (Å²) in [5, 5.41) is 2.42. The van der Waals surface area contributed by atoms with Gasteiger partial charge < -0.3 is 4.90 Å². The van der Waals surface area contributed by atoms with Gasteiger partial charge in [-0.1, -0.05) is 233 Å². The number of rotatable bonds is 8. The van der Waals surface area contributed by atoms with Crippen molar-refractivity contribution in [1.29, 1.82) is 0 Å². The summed E-state index contributed by atoms with van der Waals surface area (Å²) in [4.78, 5) is 2.48. The molecule has 1 aliphatic carbocycles. The van der Waals surface area contributed by atoms with E-state index in [0.29, 0.717) is 0 Å². The third-order valence-electron chi connectivity index (χ3n) is 13.3. The Morgan fingerprint density at radius 1 is 0.359 bits per heavy atom. The van der Waals surface area contributed by atoms with Crippen LogP contribution in [-0.2, 0) is 10.8 Å². The summed E-state index contributed by atoms with van der Waals surface area (Å²) >= 11 is 0. The lowest BCUT2D eigenvalue weighted by Gasteiger charge is -2.34. The number of benzene rings is 10. The summed E-state index contributed by atoms with van der Waals surface area (Å²) in [6.07, 6.45) is 0. The fourth-order valence-corrected chi connectivity index (χ4v) is 10.2. The van der Waals surface area contributed by atoms with Crippen LogP contribution in [-0.4, -0.2) is 0 Å². The van der Waals surface area contributed by atoms with E-state index in [9.17, 15) is 0 Å². The fourth-order valence-electron chi connectivity index (χ4n) is 10.2. The minimum absolute atomic E-state index is 0.0978. The predicted octanol–water partition coefficient (Wildman–Crippen LogP) is 17.0. The summed E-state index contributed by atoms with van der Waals surface area (Å²) < 4.78 is 0. The van der Waals surface area contributed by atoms with Crippen molar-refractivity contribution in [1.82, 2.24) is 0 Å². The van der Waals surface area contributed by atoms with Crippen molar-refractivity contribution in [2.24, 2.45) is 0 Å². The molecule has 1 heteroatoms. The molecule has 1 aliphatic rings. The van der Waals surface area contributed by atoms with E-state index in [-0.39, 0.29) is 5.41 Å². The molecule has 0 radical (unpaired) electrons. The average molecular weight is 820 g/mol. The Balaban J connectivity index is 1.13. The maximum absolute atomic E-state index is 2.48. The third kappa shape index (κ3) is 6.64. The zero-order chi connectivity index (χ0) is 43.3. The van der Waals surface area contributed by atoms with Crippen LogP contribution in [0.15, 0.2) is 243 Å². The average Bonchev–Trinajstić information content (AvgIpc) is 3.65. The molecule has 0 saturated heterocycles. The zero-order valence-corrected chi connectivity index (χ0v) is 36.5. The van der Waals surface area contributed by atoms with Gasteiger partial charge in [0.2, 0.25) is 0 Å². The maximum Gasteiger partial charge on any atom is 0.0713 e. The molecular formula is C63H49N. The quantitative estimate of drug-likeness (QED) is 0.148. The van der Waals surface area contributed by atoms with Crippen molar-refractivity contribution in [3.8, 4) is 44.5 Å². The summed E-state index contributed by atoms with van der Waals surface area (Å²) in [6.45, 7) is 6.81. The fraction of sp³-hybridized carbons (Fsp3) is 0.0794. The molecule has 64 heavy (non-hydrogen) atoms. The van der Waals surface area contributed by atoms with E-state index in [2.05, 4.69) is 268 Å². The van der Waals surface area contributed by atoms with Crippen LogP contribution in [0.2, 0.25) is 0 Å². The first-order valence-electron chi connectivity index (χ1n) is 22.4. The minimum atomic E-state index is -0.476. The molecule has 11 rings (SSSR count). The van der Waals surface area contributed by atoms with Gasteiger partial charge in [-0.2, -0.15) is 0 Å². The van der Waals surface area contributed by atoms with Gasteiger partial charge in [0.1, 0.15) is 0 Å². The van der Waals surface area contributed by atoms with Crippen LogP contribution in [0.25, 0.3) is 55.3 Å². The van der Waals surface area contributed by atoms with E-state index in [0.717, 1.165) is 17.1 Å². The summed E-state index contributed by atoms with van der Waals surface area (Å²) in [7, 11) is 0. The van der Waals surface area contributed by atoms with Gasteiger partial charge in [0.05, 0.1) is 11.1 Å². The Hall–Kier alpha value is -7.74. The Bertz CT molecular complexity index is 3210. The molecule has 0 N–H and O–H groups in total. The van der Waals surface area contributed by atoms with Gasteiger partial charge in [0.15, 0.2) is 0 Å². The summed E-state index contributed by atoms with van der Waals surface area (Å²) in [5.74, 6) is 0. The Morgan fingerprint density at radius 2 is 0.844 bits per heavy atom. The normalized spacial score (nSPS) is 12.7. The Morgan fingerprint density at radius 3 is 1.48 bits per heavy atom. The van der Waals surface area contributed by atoms with Gasteiger partial charge >= 0.3 is 0 Å². The van der Waals surface area contributed by atoms with Crippen LogP contribution in [0.4, 0.5) is 17.1 Å². The Kier molecular flexibility index (Phi) is 9.70. The van der Waals surface area contributed by atoms with Gasteiger partial charge in [0, 0.05) is 16.9 Å². The van der Waals surface area contributed by atoms with Crippen LogP contribution >= 0.6 is 0 Å². The van der Waals surface area contributed by atoms with Gasteiger partial charge in [0.25, 0.3) is 0 Å². The first-order valence-corrected chi connectivity index (χ1v) is 22.4. The lowest BCUT2D eigenvalue weighted by molar-refractivity contribution is 0.590. The molecule has 306 valence electrons. The van der Waals surface area contributed by atoms with E-state index in [4.69, 9.17) is 0 Å². The van der Waals surface area contributed by atoms with Crippen LogP contribution < -0.4 is 4.90 Å². The van der Waals surface area contributed by atoms with Gasteiger partial charge in [-0.15, -0.1) is 0 Å². The van der Waals surface area contributed by atoms with E-state index >= 15 is 0 Å². The van der Waals surface area contributed by atoms with Gasteiger partial charge in [-0.3, -0.25) is 0 Å². The van der Waals surface area contributed by atoms with E-state index in [1.165, 1.54) is 83.1 Å². The molecule has 0 aromatic heterocycles. The van der Waals surface area contributed by atoms with Crippen LogP contribution in [0.1, 0.15) is 48.6 Å². The number of hydrogen-bond acceptors (Lipinski definition) is 1. The molecule has 0 unspecified atom stereocenters. The van der Waals surface area contributed by atoms with Crippen molar-refractivity contribution in [2.75, 3.05) is 4.90 Å². The largest absolute Gasteiger partial charge is 0.310 e. The molecule has 10 aromatic rings. The van der Waals surface area contributed by atoms with Gasteiger partial charge in [-0.05, 0) is 113 Å². The second-order valence-corrected chi connectivity index (χ2v) is 18.1. The molecule has 1 nitrogen and oxygen atoms in total. The monoisotopic (exact) mass is 819 g/mol. The highest BCUT2D eigenvalue weighted by Crippen LogP contribution is 2.57. The first kappa shape index (κ1) is 39.1. The molecule has 0 saturated carbocycles. The van der Waals surface area contributed by atoms with Crippen LogP contribution in [0.5, 0.6) is 0 Å². The third-order valence-corrected chi connectivity index (χ3v) is 13.3. The molecule has 0 spiro atoms. The number of nitrogens with zero attached hydrogens (tertiary/aromatic N) is 1. The second kappa shape index (κ2) is 15.9. The topological polar surface area (TPSA) is 3.24 Å². The number of hydrogen-bond donors (Lipinski definition) is 0. The van der Waals surface area contributed by atoms with Crippen molar-refractivity contribution in [3.63, 3.8) is 0 Å². The molecular weight excluding hydrogens is 771 g/mol. The highest BCUT2D eigenvalue weighted by molar-refractivity contribution is 6.06. The molecule has 0 heterocycles. The van der Waals surface area contributed by atoms with E-state index in [1.54, 1.807) is 0 Å². The lowest BCUT2D eigenvalue weighted by atomic mass is 9.68. The van der Waals surface area contributed by atoms with E-state index < -0.39 is 5.41 Å². The maximum atomic E-state index is 2.48.